The first-order chi connectivity index (χ1) is 3.93. The van der Waals surface area contributed by atoms with E-state index in [-0.39, 0.29) is 36.5 Å². The van der Waals surface area contributed by atoms with Crippen LogP contribution in [0.25, 0.3) is 0 Å². The van der Waals surface area contributed by atoms with Gasteiger partial charge >= 0.3 is 0 Å². The van der Waals surface area contributed by atoms with Crippen LogP contribution in [-0.4, -0.2) is 6.29 Å². The molecule has 0 unspecified atom stereocenters. The van der Waals surface area contributed by atoms with E-state index >= 15 is 0 Å². The molecule has 1 rings (SSSR count). The maximum atomic E-state index is 9.88. The van der Waals surface area contributed by atoms with Crippen molar-refractivity contribution in [2.24, 2.45) is 0 Å². The monoisotopic (exact) mass is 224 g/mol. The Morgan fingerprint density at radius 2 is 1.60 bits per heavy atom. The smallest absolute Gasteiger partial charge is 0.0627 e. The molecular formula is C7H5MnOZn-. The van der Waals surface area contributed by atoms with Gasteiger partial charge in [-0.3, -0.25) is 0 Å². The number of benzene rings is 1. The van der Waals surface area contributed by atoms with Crippen molar-refractivity contribution >= 4 is 6.29 Å². The van der Waals surface area contributed by atoms with Gasteiger partial charge < -0.3 is 4.79 Å². The SMILES string of the molecule is O=[C-]c1ccccc1.[Mn].[Zn]. The molecule has 3 heteroatoms. The Morgan fingerprint density at radius 1 is 1.10 bits per heavy atom. The second-order valence-electron chi connectivity index (χ2n) is 1.47. The third-order valence-electron chi connectivity index (χ3n) is 0.892. The van der Waals surface area contributed by atoms with Crippen LogP contribution in [0.1, 0.15) is 5.56 Å². The summed E-state index contributed by atoms with van der Waals surface area (Å²) in [6.45, 7) is 0. The van der Waals surface area contributed by atoms with Gasteiger partial charge in [-0.05, 0) is 0 Å². The maximum Gasteiger partial charge on any atom is 0.0627 e. The van der Waals surface area contributed by atoms with Crippen molar-refractivity contribution in [1.82, 2.24) is 0 Å². The summed E-state index contributed by atoms with van der Waals surface area (Å²) in [5.74, 6) is 0. The zero-order valence-corrected chi connectivity index (χ0v) is 9.53. The van der Waals surface area contributed by atoms with Gasteiger partial charge in [0.1, 0.15) is 0 Å². The second kappa shape index (κ2) is 7.14. The van der Waals surface area contributed by atoms with E-state index in [4.69, 9.17) is 0 Å². The summed E-state index contributed by atoms with van der Waals surface area (Å²) in [6.07, 6.45) is 1.78. The Labute approximate surface area is 83.4 Å². The standard InChI is InChI=1S/C7H5O.Mn.Zn/c8-6-7-4-2-1-3-5-7;;/h1-5H;;/q-1;;. The second-order valence-corrected chi connectivity index (χ2v) is 1.47. The van der Waals surface area contributed by atoms with Crippen LogP contribution in [0.3, 0.4) is 0 Å². The van der Waals surface area contributed by atoms with Gasteiger partial charge in [0.25, 0.3) is 0 Å². The first-order valence-corrected chi connectivity index (χ1v) is 2.36. The molecule has 0 aromatic heterocycles. The largest absolute Gasteiger partial charge is 0.376 e. The van der Waals surface area contributed by atoms with Crippen LogP contribution in [0, 0.1) is 0 Å². The first-order valence-electron chi connectivity index (χ1n) is 2.36. The van der Waals surface area contributed by atoms with Crippen molar-refractivity contribution < 1.29 is 41.3 Å². The van der Waals surface area contributed by atoms with Crippen molar-refractivity contribution in [3.63, 3.8) is 0 Å². The van der Waals surface area contributed by atoms with Crippen molar-refractivity contribution in [3.05, 3.63) is 35.9 Å². The van der Waals surface area contributed by atoms with Gasteiger partial charge in [-0.25, -0.2) is 0 Å². The summed E-state index contributed by atoms with van der Waals surface area (Å²) in [6, 6.07) is 8.90. The number of rotatable bonds is 1. The molecule has 1 radical (unpaired) electrons. The molecule has 0 atom stereocenters. The quantitative estimate of drug-likeness (QED) is 0.517. The molecule has 0 heterocycles. The average molecular weight is 225 g/mol. The molecule has 1 nitrogen and oxygen atoms in total. The van der Waals surface area contributed by atoms with Gasteiger partial charge in [-0.1, -0.05) is 6.07 Å². The minimum absolute atomic E-state index is 0. The molecule has 1 aromatic carbocycles. The number of hydrogen-bond acceptors (Lipinski definition) is 1. The Balaban J connectivity index is 0. The number of hydrogen-bond donors (Lipinski definition) is 0. The average Bonchev–Trinajstić information content (AvgIpc) is 1.90. The molecule has 0 N–H and O–H groups in total. The van der Waals surface area contributed by atoms with Crippen molar-refractivity contribution in [3.8, 4) is 0 Å². The van der Waals surface area contributed by atoms with Crippen LogP contribution in [-0.2, 0) is 41.3 Å². The van der Waals surface area contributed by atoms with Gasteiger partial charge in [-0.2, -0.15) is 17.7 Å². The summed E-state index contributed by atoms with van der Waals surface area (Å²) in [7, 11) is 0. The summed E-state index contributed by atoms with van der Waals surface area (Å²) in [5.41, 5.74) is 0.604. The molecule has 10 heavy (non-hydrogen) atoms. The molecule has 0 aliphatic carbocycles. The Morgan fingerprint density at radius 3 is 1.90 bits per heavy atom. The van der Waals surface area contributed by atoms with E-state index in [2.05, 4.69) is 0 Å². The van der Waals surface area contributed by atoms with Gasteiger partial charge in [0.15, 0.2) is 0 Å². The molecule has 0 saturated carbocycles. The molecule has 0 aliphatic rings. The zero-order chi connectivity index (χ0) is 5.82. The van der Waals surface area contributed by atoms with E-state index in [1.54, 1.807) is 30.6 Å². The molecule has 1 aromatic rings. The van der Waals surface area contributed by atoms with Crippen LogP contribution in [0.15, 0.2) is 30.3 Å². The van der Waals surface area contributed by atoms with E-state index < -0.39 is 0 Å². The van der Waals surface area contributed by atoms with E-state index in [0.717, 1.165) is 0 Å². The predicted molar refractivity (Wildman–Crippen MR) is 31.2 cm³/mol. The van der Waals surface area contributed by atoms with E-state index in [0.29, 0.717) is 5.56 Å². The fraction of sp³-hybridized carbons (Fsp3) is 0. The van der Waals surface area contributed by atoms with E-state index in [1.807, 2.05) is 6.07 Å². The summed E-state index contributed by atoms with van der Waals surface area (Å²) in [5, 5.41) is 0. The van der Waals surface area contributed by atoms with Crippen molar-refractivity contribution in [2.75, 3.05) is 0 Å². The molecule has 0 spiro atoms. The van der Waals surface area contributed by atoms with Gasteiger partial charge in [0.05, 0.1) is 6.29 Å². The Kier molecular flexibility index (Phi) is 9.06. The van der Waals surface area contributed by atoms with Gasteiger partial charge in [0, 0.05) is 36.5 Å². The van der Waals surface area contributed by atoms with Crippen LogP contribution in [0.2, 0.25) is 0 Å². The van der Waals surface area contributed by atoms with Crippen LogP contribution in [0.5, 0.6) is 0 Å². The Hall–Kier alpha value is 0.0329. The Bertz CT molecular complexity index is 176. The van der Waals surface area contributed by atoms with E-state index in [1.165, 1.54) is 0 Å². The van der Waals surface area contributed by atoms with Crippen LogP contribution in [0.4, 0.5) is 0 Å². The molecule has 0 bridgehead atoms. The maximum absolute atomic E-state index is 9.88. The predicted octanol–water partition coefficient (Wildman–Crippen LogP) is 1.14. The molecule has 0 amide bonds. The molecule has 0 aliphatic heterocycles. The number of carbonyl (C=O) groups excluding carboxylic acids is 1. The summed E-state index contributed by atoms with van der Waals surface area (Å²) >= 11 is 0. The fourth-order valence-corrected chi connectivity index (χ4v) is 0.506. The third-order valence-corrected chi connectivity index (χ3v) is 0.892. The molecule has 49 valence electrons. The van der Waals surface area contributed by atoms with Gasteiger partial charge in [0.2, 0.25) is 0 Å². The molecule has 0 saturated heterocycles. The van der Waals surface area contributed by atoms with Crippen LogP contribution < -0.4 is 0 Å². The first kappa shape index (κ1) is 12.7. The van der Waals surface area contributed by atoms with E-state index in [9.17, 15) is 4.79 Å². The summed E-state index contributed by atoms with van der Waals surface area (Å²) < 4.78 is 0. The third kappa shape index (κ3) is 3.95. The normalized spacial score (nSPS) is 6.80. The van der Waals surface area contributed by atoms with Crippen LogP contribution >= 0.6 is 0 Å². The topological polar surface area (TPSA) is 17.1 Å². The molecular weight excluding hydrogens is 220 g/mol. The molecule has 0 fully saturated rings. The zero-order valence-electron chi connectivity index (χ0n) is 5.38. The van der Waals surface area contributed by atoms with Crippen molar-refractivity contribution in [2.45, 2.75) is 0 Å². The van der Waals surface area contributed by atoms with Crippen molar-refractivity contribution in [1.29, 1.82) is 0 Å². The fourth-order valence-electron chi connectivity index (χ4n) is 0.506. The minimum atomic E-state index is 0. The summed E-state index contributed by atoms with van der Waals surface area (Å²) in [4.78, 5) is 9.88. The van der Waals surface area contributed by atoms with Gasteiger partial charge in [-0.15, -0.1) is 12.1 Å². The minimum Gasteiger partial charge on any atom is -0.376 e.